The summed E-state index contributed by atoms with van der Waals surface area (Å²) >= 11 is 0. The van der Waals surface area contributed by atoms with Gasteiger partial charge in [0.25, 0.3) is 5.91 Å². The van der Waals surface area contributed by atoms with Gasteiger partial charge < -0.3 is 34.6 Å². The van der Waals surface area contributed by atoms with Gasteiger partial charge in [0.2, 0.25) is 0 Å². The highest BCUT2D eigenvalue weighted by Gasteiger charge is 2.28. The van der Waals surface area contributed by atoms with Gasteiger partial charge in [-0.15, -0.1) is 5.10 Å². The number of hydrogen-bond acceptors (Lipinski definition) is 9. The third-order valence-corrected chi connectivity index (χ3v) is 8.32. The Bertz CT molecular complexity index is 1900. The number of halogens is 2. The Labute approximate surface area is 316 Å². The van der Waals surface area contributed by atoms with Crippen molar-refractivity contribution in [1.29, 1.82) is 0 Å². The van der Waals surface area contributed by atoms with Crippen molar-refractivity contribution in [2.45, 2.75) is 86.1 Å². The molecule has 14 heteroatoms. The van der Waals surface area contributed by atoms with E-state index >= 15 is 8.78 Å². The van der Waals surface area contributed by atoms with Crippen LogP contribution in [0, 0.1) is 11.6 Å². The normalized spacial score (nSPS) is 13.8. The van der Waals surface area contributed by atoms with Gasteiger partial charge in [-0.05, 0) is 110 Å². The van der Waals surface area contributed by atoms with E-state index in [9.17, 15) is 14.4 Å². The molecule has 2 N–H and O–H groups in total. The van der Waals surface area contributed by atoms with Crippen molar-refractivity contribution in [2.75, 3.05) is 43.5 Å². The molecule has 0 unspecified atom stereocenters. The monoisotopic (exact) mass is 750 g/mol. The molecule has 2 amide bonds. The van der Waals surface area contributed by atoms with Crippen LogP contribution in [0.4, 0.5) is 29.9 Å². The van der Waals surface area contributed by atoms with E-state index in [1.54, 1.807) is 67.5 Å². The topological polar surface area (TPSA) is 127 Å². The average Bonchev–Trinajstić information content (AvgIpc) is 3.41. The third-order valence-electron chi connectivity index (χ3n) is 8.32. The zero-order chi connectivity index (χ0) is 40.1. The molecule has 0 bridgehead atoms. The number of hydrogen-bond donors (Lipinski definition) is 2. The van der Waals surface area contributed by atoms with Gasteiger partial charge >= 0.3 is 12.2 Å². The van der Waals surface area contributed by atoms with E-state index in [1.165, 1.54) is 31.1 Å². The van der Waals surface area contributed by atoms with E-state index in [0.717, 1.165) is 48.7 Å². The van der Waals surface area contributed by atoms with Crippen molar-refractivity contribution in [3.63, 3.8) is 0 Å². The van der Waals surface area contributed by atoms with Crippen molar-refractivity contribution < 1.29 is 37.4 Å². The number of anilines is 2. The fourth-order valence-corrected chi connectivity index (χ4v) is 5.84. The number of methoxy groups -OCH3 is 1. The fourth-order valence-electron chi connectivity index (χ4n) is 5.84. The first-order chi connectivity index (χ1) is 25.2. The number of nitrogens with zero attached hydrogens (tertiary/aromatic N) is 4. The molecule has 12 nitrogen and oxygen atoms in total. The summed E-state index contributed by atoms with van der Waals surface area (Å²) in [5.41, 5.74) is -0.310. The lowest BCUT2D eigenvalue weighted by Crippen LogP contribution is -2.43. The van der Waals surface area contributed by atoms with Crippen molar-refractivity contribution >= 4 is 47.3 Å². The summed E-state index contributed by atoms with van der Waals surface area (Å²) in [7, 11) is 1.46. The van der Waals surface area contributed by atoms with Crippen LogP contribution in [0.2, 0.25) is 0 Å². The molecule has 1 aliphatic heterocycles. The van der Waals surface area contributed by atoms with Crippen LogP contribution in [0.15, 0.2) is 36.9 Å². The number of piperazine rings is 1. The Morgan fingerprint density at radius 2 is 1.63 bits per heavy atom. The van der Waals surface area contributed by atoms with Crippen LogP contribution in [0.3, 0.4) is 0 Å². The quantitative estimate of drug-likeness (QED) is 0.212. The van der Waals surface area contributed by atoms with E-state index in [1.807, 2.05) is 6.07 Å². The summed E-state index contributed by atoms with van der Waals surface area (Å²) in [6.45, 7) is 22.3. The van der Waals surface area contributed by atoms with E-state index < -0.39 is 40.9 Å². The molecule has 3 aromatic rings. The fraction of sp³-hybridized carbons (Fsp3) is 0.450. The minimum absolute atomic E-state index is 0.0873. The number of amides is 2. The van der Waals surface area contributed by atoms with E-state index in [2.05, 4.69) is 27.2 Å². The van der Waals surface area contributed by atoms with Gasteiger partial charge in [-0.2, -0.15) is 4.68 Å². The summed E-state index contributed by atoms with van der Waals surface area (Å²) in [5.74, 6) is -2.13. The molecule has 1 fully saturated rings. The highest BCUT2D eigenvalue weighted by Crippen LogP contribution is 2.32. The number of allylic oxidation sites excluding steroid dienone is 1. The lowest BCUT2D eigenvalue weighted by atomic mass is 10.0. The maximum Gasteiger partial charge on any atom is 0.435 e. The zero-order valence-corrected chi connectivity index (χ0v) is 32.9. The number of carbonyl (C=O) groups is 3. The molecule has 1 aliphatic rings. The van der Waals surface area contributed by atoms with E-state index in [4.69, 9.17) is 14.2 Å². The second-order valence-electron chi connectivity index (χ2n) is 15.3. The second-order valence-corrected chi connectivity index (χ2v) is 15.3. The molecular weight excluding hydrogens is 698 g/mol. The van der Waals surface area contributed by atoms with Gasteiger partial charge in [-0.25, -0.2) is 18.4 Å². The molecule has 2 heterocycles. The summed E-state index contributed by atoms with van der Waals surface area (Å²) < 4.78 is 49.3. The Kier molecular flexibility index (Phi) is 12.9. The molecule has 4 rings (SSSR count). The first kappa shape index (κ1) is 41.5. The number of carbonyl (C=O) groups excluding carboxylic acids is 3. The molecule has 1 aromatic heterocycles. The number of benzene rings is 2. The van der Waals surface area contributed by atoms with Gasteiger partial charge in [0.05, 0.1) is 18.4 Å². The van der Waals surface area contributed by atoms with Crippen LogP contribution in [-0.4, -0.2) is 83.3 Å². The van der Waals surface area contributed by atoms with Crippen molar-refractivity contribution in [3.8, 4) is 5.75 Å². The molecule has 0 spiro atoms. The predicted molar refractivity (Wildman–Crippen MR) is 207 cm³/mol. The molecule has 0 aliphatic carbocycles. The third kappa shape index (κ3) is 10.2. The summed E-state index contributed by atoms with van der Waals surface area (Å²) in [6, 6.07) is 7.25. The minimum Gasteiger partial charge on any atom is -0.496 e. The van der Waals surface area contributed by atoms with Crippen molar-refractivity contribution in [3.05, 3.63) is 76.5 Å². The summed E-state index contributed by atoms with van der Waals surface area (Å²) in [4.78, 5) is 43.6. The van der Waals surface area contributed by atoms with Gasteiger partial charge in [0.15, 0.2) is 5.82 Å². The second kappa shape index (κ2) is 16.8. The van der Waals surface area contributed by atoms with Gasteiger partial charge in [-0.1, -0.05) is 6.58 Å². The highest BCUT2D eigenvalue weighted by atomic mass is 19.1. The Hall–Kier alpha value is -5.24. The van der Waals surface area contributed by atoms with Crippen molar-refractivity contribution in [1.82, 2.24) is 20.0 Å². The molecule has 1 saturated heterocycles. The Morgan fingerprint density at radius 3 is 2.17 bits per heavy atom. The molecule has 292 valence electrons. The number of nitrogens with one attached hydrogen (secondary N) is 2. The highest BCUT2D eigenvalue weighted by molar-refractivity contribution is 6.07. The molecule has 0 atom stereocenters. The van der Waals surface area contributed by atoms with Gasteiger partial charge in [0, 0.05) is 61.6 Å². The Morgan fingerprint density at radius 1 is 1.02 bits per heavy atom. The van der Waals surface area contributed by atoms with Crippen LogP contribution in [0.1, 0.15) is 95.1 Å². The minimum atomic E-state index is -0.890. The van der Waals surface area contributed by atoms with Crippen LogP contribution in [0.25, 0.3) is 17.7 Å². The molecule has 54 heavy (non-hydrogen) atoms. The predicted octanol–water partition coefficient (Wildman–Crippen LogP) is 7.96. The smallest absolute Gasteiger partial charge is 0.435 e. The largest absolute Gasteiger partial charge is 0.496 e. The maximum atomic E-state index is 15.9. The molecule has 0 radical (unpaired) electrons. The average molecular weight is 751 g/mol. The zero-order valence-electron chi connectivity index (χ0n) is 32.9. The first-order valence-corrected chi connectivity index (χ1v) is 17.8. The van der Waals surface area contributed by atoms with E-state index in [0.29, 0.717) is 5.75 Å². The maximum absolute atomic E-state index is 15.9. The standard InChI is InChI=1S/C40H52F2N6O6/c1-12-32-29(19-25(4)34-30(41)20-26(21-31(34)42)23-47(24(2)3)37(50)53-39(5,6)7)35(45-48(32)38(51)54-40(8,9)10)44-36(49)28-14-13-27(22-33(28)52-11)46-17-15-43-16-18-46/h12-14,19-22,24,43H,1,15-18,23H2,2-11H3,(H,44,45,49)/b25-19+. The molecule has 0 saturated carbocycles. The van der Waals surface area contributed by atoms with Crippen molar-refractivity contribution in [2.24, 2.45) is 0 Å². The van der Waals surface area contributed by atoms with Crippen LogP contribution >= 0.6 is 0 Å². The summed E-state index contributed by atoms with van der Waals surface area (Å²) in [5, 5.41) is 10.4. The number of aromatic nitrogens is 2. The Balaban J connectivity index is 1.75. The lowest BCUT2D eigenvalue weighted by Gasteiger charge is -2.30. The van der Waals surface area contributed by atoms with E-state index in [-0.39, 0.29) is 51.9 Å². The first-order valence-electron chi connectivity index (χ1n) is 17.8. The number of rotatable bonds is 10. The van der Waals surface area contributed by atoms with Crippen LogP contribution < -0.4 is 20.3 Å². The van der Waals surface area contributed by atoms with Gasteiger partial charge in [0.1, 0.15) is 28.6 Å². The SMILES string of the molecule is C=Cc1c(/C=C(\C)c2c(F)cc(CN(C(=O)OC(C)(C)C)C(C)C)cc2F)c(NC(=O)c2ccc(N3CCNCC3)cc2OC)nn1C(=O)OC(C)(C)C. The van der Waals surface area contributed by atoms with Gasteiger partial charge in [-0.3, -0.25) is 4.79 Å². The van der Waals surface area contributed by atoms with Crippen LogP contribution in [0.5, 0.6) is 5.75 Å². The van der Waals surface area contributed by atoms with Crippen LogP contribution in [-0.2, 0) is 16.0 Å². The summed E-state index contributed by atoms with van der Waals surface area (Å²) in [6.07, 6.45) is 1.28. The lowest BCUT2D eigenvalue weighted by molar-refractivity contribution is 0.0171. The molecular formula is C40H52F2N6O6. The number of ether oxygens (including phenoxy) is 3. The molecule has 2 aromatic carbocycles.